The van der Waals surface area contributed by atoms with Crippen molar-refractivity contribution < 1.29 is 23.8 Å². The monoisotopic (exact) mass is 285 g/mol. The van der Waals surface area contributed by atoms with E-state index in [0.29, 0.717) is 25.4 Å². The third-order valence-corrected chi connectivity index (χ3v) is 2.86. The molecule has 1 N–H and O–H groups in total. The summed E-state index contributed by atoms with van der Waals surface area (Å²) in [5.74, 6) is -0.405. The van der Waals surface area contributed by atoms with Crippen LogP contribution in [-0.4, -0.2) is 62.9 Å². The summed E-state index contributed by atoms with van der Waals surface area (Å²) in [6, 6.07) is 3.83. The fourth-order valence-corrected chi connectivity index (χ4v) is 1.82. The highest BCUT2D eigenvalue weighted by molar-refractivity contribution is 6.00. The number of benzene rings is 1. The Labute approximate surface area is 117 Å². The van der Waals surface area contributed by atoms with E-state index in [-0.39, 0.29) is 24.5 Å². The minimum atomic E-state index is -0.486. The smallest absolute Gasteiger partial charge is 0.180 e. The van der Waals surface area contributed by atoms with Crippen LogP contribution < -0.4 is 4.74 Å². The standard InChI is InChI=1S/C14H20FNO4/c1-19-8-6-16(5-7-17)10-13(18)12-9-11(15)3-4-14(12)20-2/h3-4,9,17H,5-8,10H2,1-2H3. The van der Waals surface area contributed by atoms with Crippen LogP contribution in [0.25, 0.3) is 0 Å². The minimum Gasteiger partial charge on any atom is -0.496 e. The lowest BCUT2D eigenvalue weighted by molar-refractivity contribution is 0.0865. The van der Waals surface area contributed by atoms with Gasteiger partial charge < -0.3 is 14.6 Å². The zero-order valence-corrected chi connectivity index (χ0v) is 11.8. The molecule has 112 valence electrons. The van der Waals surface area contributed by atoms with Gasteiger partial charge in [-0.05, 0) is 18.2 Å². The van der Waals surface area contributed by atoms with Crippen LogP contribution in [0.1, 0.15) is 10.4 Å². The van der Waals surface area contributed by atoms with E-state index in [0.717, 1.165) is 6.07 Å². The summed E-state index contributed by atoms with van der Waals surface area (Å²) in [5.41, 5.74) is 0.202. The lowest BCUT2D eigenvalue weighted by Gasteiger charge is -2.20. The van der Waals surface area contributed by atoms with Gasteiger partial charge >= 0.3 is 0 Å². The Morgan fingerprint density at radius 2 is 2.10 bits per heavy atom. The highest BCUT2D eigenvalue weighted by atomic mass is 19.1. The minimum absolute atomic E-state index is 0.0583. The predicted molar refractivity (Wildman–Crippen MR) is 72.7 cm³/mol. The number of aliphatic hydroxyl groups excluding tert-OH is 1. The van der Waals surface area contributed by atoms with Crippen LogP contribution in [0.15, 0.2) is 18.2 Å². The molecule has 1 rings (SSSR count). The maximum atomic E-state index is 13.3. The Morgan fingerprint density at radius 3 is 2.70 bits per heavy atom. The van der Waals surface area contributed by atoms with Gasteiger partial charge in [0.25, 0.3) is 0 Å². The second kappa shape index (κ2) is 8.63. The zero-order chi connectivity index (χ0) is 15.0. The maximum Gasteiger partial charge on any atom is 0.180 e. The first-order valence-corrected chi connectivity index (χ1v) is 6.31. The molecule has 1 aromatic carbocycles. The van der Waals surface area contributed by atoms with E-state index >= 15 is 0 Å². The van der Waals surface area contributed by atoms with E-state index in [1.54, 1.807) is 12.0 Å². The van der Waals surface area contributed by atoms with E-state index in [4.69, 9.17) is 14.6 Å². The Morgan fingerprint density at radius 1 is 1.35 bits per heavy atom. The van der Waals surface area contributed by atoms with Crippen LogP contribution in [0.5, 0.6) is 5.75 Å². The summed E-state index contributed by atoms with van der Waals surface area (Å²) in [6.45, 7) is 1.34. The highest BCUT2D eigenvalue weighted by Gasteiger charge is 2.17. The van der Waals surface area contributed by atoms with Gasteiger partial charge in [0.05, 0.1) is 32.4 Å². The Kier molecular flexibility index (Phi) is 7.14. The molecule has 0 aliphatic rings. The van der Waals surface area contributed by atoms with Crippen molar-refractivity contribution in [3.8, 4) is 5.75 Å². The second-order valence-electron chi connectivity index (χ2n) is 4.26. The molecule has 0 radical (unpaired) electrons. The fourth-order valence-electron chi connectivity index (χ4n) is 1.82. The maximum absolute atomic E-state index is 13.3. The van der Waals surface area contributed by atoms with Crippen LogP contribution in [0.4, 0.5) is 4.39 Å². The topological polar surface area (TPSA) is 59.0 Å². The molecule has 0 fully saturated rings. The number of ether oxygens (including phenoxy) is 2. The molecule has 0 atom stereocenters. The largest absolute Gasteiger partial charge is 0.496 e. The van der Waals surface area contributed by atoms with Crippen LogP contribution in [0, 0.1) is 5.82 Å². The zero-order valence-electron chi connectivity index (χ0n) is 11.8. The number of methoxy groups -OCH3 is 2. The molecule has 6 heteroatoms. The van der Waals surface area contributed by atoms with Crippen LogP contribution in [-0.2, 0) is 4.74 Å². The van der Waals surface area contributed by atoms with Gasteiger partial charge in [0.2, 0.25) is 0 Å². The summed E-state index contributed by atoms with van der Waals surface area (Å²) in [4.78, 5) is 14.0. The molecular formula is C14H20FNO4. The average Bonchev–Trinajstić information content (AvgIpc) is 2.44. The van der Waals surface area contributed by atoms with Gasteiger partial charge in [-0.15, -0.1) is 0 Å². The molecule has 0 amide bonds. The molecular weight excluding hydrogens is 265 g/mol. The van der Waals surface area contributed by atoms with E-state index in [2.05, 4.69) is 0 Å². The number of nitrogens with zero attached hydrogens (tertiary/aromatic N) is 1. The molecule has 0 spiro atoms. The summed E-state index contributed by atoms with van der Waals surface area (Å²) in [7, 11) is 3.00. The van der Waals surface area contributed by atoms with Crippen LogP contribution >= 0.6 is 0 Å². The number of aliphatic hydroxyl groups is 1. The summed E-state index contributed by atoms with van der Waals surface area (Å²) in [6.07, 6.45) is 0. The third kappa shape index (κ3) is 4.88. The molecule has 0 saturated heterocycles. The molecule has 0 unspecified atom stereocenters. The van der Waals surface area contributed by atoms with Crippen molar-refractivity contribution in [3.05, 3.63) is 29.6 Å². The number of rotatable bonds is 9. The van der Waals surface area contributed by atoms with Gasteiger partial charge in [-0.3, -0.25) is 9.69 Å². The highest BCUT2D eigenvalue weighted by Crippen LogP contribution is 2.20. The molecule has 0 aliphatic heterocycles. The van der Waals surface area contributed by atoms with Gasteiger partial charge in [0.15, 0.2) is 5.78 Å². The summed E-state index contributed by atoms with van der Waals surface area (Å²) < 4.78 is 23.3. The van der Waals surface area contributed by atoms with E-state index in [9.17, 15) is 9.18 Å². The van der Waals surface area contributed by atoms with E-state index in [1.165, 1.54) is 19.2 Å². The molecule has 5 nitrogen and oxygen atoms in total. The first-order chi connectivity index (χ1) is 9.62. The van der Waals surface area contributed by atoms with E-state index in [1.807, 2.05) is 0 Å². The van der Waals surface area contributed by atoms with Gasteiger partial charge in [-0.2, -0.15) is 0 Å². The number of Topliss-reactive ketones (excluding diaryl/α,β-unsaturated/α-hetero) is 1. The van der Waals surface area contributed by atoms with Crippen LogP contribution in [0.3, 0.4) is 0 Å². The summed E-state index contributed by atoms with van der Waals surface area (Å²) in [5, 5.41) is 8.99. The quantitative estimate of drug-likeness (QED) is 0.685. The van der Waals surface area contributed by atoms with Crippen molar-refractivity contribution in [1.82, 2.24) is 4.90 Å². The van der Waals surface area contributed by atoms with Crippen molar-refractivity contribution in [2.24, 2.45) is 0 Å². The third-order valence-electron chi connectivity index (χ3n) is 2.86. The molecule has 0 aliphatic carbocycles. The molecule has 20 heavy (non-hydrogen) atoms. The first-order valence-electron chi connectivity index (χ1n) is 6.31. The fraction of sp³-hybridized carbons (Fsp3) is 0.500. The molecule has 1 aromatic rings. The lowest BCUT2D eigenvalue weighted by Crippen LogP contribution is -2.35. The van der Waals surface area contributed by atoms with Crippen molar-refractivity contribution in [2.45, 2.75) is 0 Å². The number of hydrogen-bond donors (Lipinski definition) is 1. The predicted octanol–water partition coefficient (Wildman–Crippen LogP) is 0.958. The number of carbonyl (C=O) groups is 1. The molecule has 0 aromatic heterocycles. The van der Waals surface area contributed by atoms with E-state index < -0.39 is 5.82 Å². The number of ketones is 1. The van der Waals surface area contributed by atoms with Gasteiger partial charge in [0, 0.05) is 20.2 Å². The average molecular weight is 285 g/mol. The normalized spacial score (nSPS) is 10.8. The Hall–Kier alpha value is -1.50. The summed E-state index contributed by atoms with van der Waals surface area (Å²) >= 11 is 0. The van der Waals surface area contributed by atoms with Crippen LogP contribution in [0.2, 0.25) is 0 Å². The Balaban J connectivity index is 2.79. The second-order valence-corrected chi connectivity index (χ2v) is 4.26. The van der Waals surface area contributed by atoms with Crippen molar-refractivity contribution in [3.63, 3.8) is 0 Å². The SMILES string of the molecule is COCCN(CCO)CC(=O)c1cc(F)ccc1OC. The molecule has 0 heterocycles. The van der Waals surface area contributed by atoms with Gasteiger partial charge in [0.1, 0.15) is 11.6 Å². The lowest BCUT2D eigenvalue weighted by atomic mass is 10.1. The van der Waals surface area contributed by atoms with Crippen molar-refractivity contribution >= 4 is 5.78 Å². The number of halogens is 1. The molecule has 0 saturated carbocycles. The number of hydrogen-bond acceptors (Lipinski definition) is 5. The van der Waals surface area contributed by atoms with Crippen molar-refractivity contribution in [2.75, 3.05) is 47.1 Å². The van der Waals surface area contributed by atoms with Crippen molar-refractivity contribution in [1.29, 1.82) is 0 Å². The first kappa shape index (κ1) is 16.6. The Bertz CT molecular complexity index is 439. The molecule has 0 bridgehead atoms. The van der Waals surface area contributed by atoms with Gasteiger partial charge in [-0.1, -0.05) is 0 Å². The number of carbonyl (C=O) groups excluding carboxylic acids is 1. The van der Waals surface area contributed by atoms with Gasteiger partial charge in [-0.25, -0.2) is 4.39 Å².